The summed E-state index contributed by atoms with van der Waals surface area (Å²) in [5.41, 5.74) is 7.18. The van der Waals surface area contributed by atoms with Crippen molar-refractivity contribution in [1.29, 1.82) is 0 Å². The minimum Gasteiger partial charge on any atom is -0.399 e. The minimum atomic E-state index is -0.0104. The van der Waals surface area contributed by atoms with Crippen LogP contribution >= 0.6 is 11.6 Å². The summed E-state index contributed by atoms with van der Waals surface area (Å²) in [4.78, 5) is 0. The third-order valence-electron chi connectivity index (χ3n) is 3.90. The van der Waals surface area contributed by atoms with Gasteiger partial charge in [0.05, 0.1) is 10.6 Å². The lowest BCUT2D eigenvalue weighted by atomic mass is 10.0. The number of nitrogens with two attached hydrogens (primary N) is 1. The van der Waals surface area contributed by atoms with E-state index in [9.17, 15) is 0 Å². The van der Waals surface area contributed by atoms with E-state index in [-0.39, 0.29) is 5.54 Å². The van der Waals surface area contributed by atoms with Crippen LogP contribution in [0.3, 0.4) is 0 Å². The highest BCUT2D eigenvalue weighted by Crippen LogP contribution is 2.38. The van der Waals surface area contributed by atoms with Gasteiger partial charge in [-0.15, -0.1) is 5.10 Å². The molecule has 5 nitrogen and oxygen atoms in total. The molecule has 1 aromatic carbocycles. The summed E-state index contributed by atoms with van der Waals surface area (Å²) in [7, 11) is 0. The van der Waals surface area contributed by atoms with E-state index in [4.69, 9.17) is 17.3 Å². The molecule has 1 saturated carbocycles. The molecule has 100 valence electrons. The summed E-state index contributed by atoms with van der Waals surface area (Å²) in [5.74, 6) is 0.717. The Morgan fingerprint density at radius 2 is 2.05 bits per heavy atom. The van der Waals surface area contributed by atoms with Gasteiger partial charge in [0.15, 0.2) is 5.82 Å². The van der Waals surface area contributed by atoms with Crippen LogP contribution in [0.2, 0.25) is 5.02 Å². The van der Waals surface area contributed by atoms with Gasteiger partial charge in [-0.05, 0) is 48.4 Å². The van der Waals surface area contributed by atoms with Gasteiger partial charge >= 0.3 is 0 Å². The Kier molecular flexibility index (Phi) is 2.93. The summed E-state index contributed by atoms with van der Waals surface area (Å²) in [5, 5.41) is 12.7. The number of hydrogen-bond donors (Lipinski definition) is 1. The number of nitrogen functional groups attached to an aromatic ring is 1. The lowest BCUT2D eigenvalue weighted by Crippen LogP contribution is -2.28. The largest absolute Gasteiger partial charge is 0.399 e. The molecule has 2 N–H and O–H groups in total. The fourth-order valence-electron chi connectivity index (χ4n) is 2.78. The van der Waals surface area contributed by atoms with Gasteiger partial charge in [0.25, 0.3) is 0 Å². The normalized spacial score (nSPS) is 17.8. The zero-order valence-corrected chi connectivity index (χ0v) is 11.6. The molecule has 0 radical (unpaired) electrons. The Morgan fingerprint density at radius 3 is 2.74 bits per heavy atom. The highest BCUT2D eigenvalue weighted by atomic mass is 35.5. The molecule has 0 atom stereocenters. The highest BCUT2D eigenvalue weighted by Gasteiger charge is 2.34. The Morgan fingerprint density at radius 1 is 1.32 bits per heavy atom. The first-order valence-electron chi connectivity index (χ1n) is 6.44. The van der Waals surface area contributed by atoms with Crippen LogP contribution in [0.25, 0.3) is 11.4 Å². The molecule has 0 aliphatic heterocycles. The third-order valence-corrected chi connectivity index (χ3v) is 4.21. The van der Waals surface area contributed by atoms with Crippen LogP contribution in [-0.2, 0) is 5.54 Å². The van der Waals surface area contributed by atoms with Gasteiger partial charge < -0.3 is 5.73 Å². The number of hydrogen-bond acceptors (Lipinski definition) is 4. The maximum atomic E-state index is 6.26. The summed E-state index contributed by atoms with van der Waals surface area (Å²) < 4.78 is 1.91. The van der Waals surface area contributed by atoms with E-state index < -0.39 is 0 Å². The van der Waals surface area contributed by atoms with Gasteiger partial charge in [0.2, 0.25) is 0 Å². The lowest BCUT2D eigenvalue weighted by molar-refractivity contribution is 0.293. The van der Waals surface area contributed by atoms with E-state index in [2.05, 4.69) is 22.4 Å². The molecule has 0 saturated heterocycles. The van der Waals surface area contributed by atoms with Crippen molar-refractivity contribution in [3.8, 4) is 11.4 Å². The van der Waals surface area contributed by atoms with E-state index in [1.54, 1.807) is 6.07 Å². The van der Waals surface area contributed by atoms with Crippen molar-refractivity contribution in [2.24, 2.45) is 0 Å². The van der Waals surface area contributed by atoms with E-state index in [1.807, 2.05) is 16.8 Å². The Hall–Kier alpha value is -1.62. The van der Waals surface area contributed by atoms with E-state index in [0.29, 0.717) is 10.7 Å². The smallest absolute Gasteiger partial charge is 0.184 e. The van der Waals surface area contributed by atoms with Crippen molar-refractivity contribution in [2.45, 2.75) is 38.1 Å². The minimum absolute atomic E-state index is 0.0104. The van der Waals surface area contributed by atoms with E-state index in [1.165, 1.54) is 12.8 Å². The molecule has 0 unspecified atom stereocenters. The fourth-order valence-corrected chi connectivity index (χ4v) is 3.05. The predicted molar refractivity (Wildman–Crippen MR) is 74.8 cm³/mol. The van der Waals surface area contributed by atoms with Crippen molar-refractivity contribution in [3.63, 3.8) is 0 Å². The van der Waals surface area contributed by atoms with Crippen molar-refractivity contribution < 1.29 is 0 Å². The van der Waals surface area contributed by atoms with Gasteiger partial charge in [-0.2, -0.15) is 0 Å². The second-order valence-corrected chi connectivity index (χ2v) is 5.76. The Labute approximate surface area is 116 Å². The molecule has 1 fully saturated rings. The molecular weight excluding hydrogens is 262 g/mol. The van der Waals surface area contributed by atoms with Crippen LogP contribution in [0.15, 0.2) is 18.2 Å². The standard InChI is InChI=1S/C13H16ClN5/c1-13(6-2-3-7-13)19-12(16-17-18-19)10-5-4-9(15)8-11(10)14/h4-5,8H,2-3,6-7,15H2,1H3. The predicted octanol–water partition coefficient (Wildman–Crippen LogP) is 2.86. The summed E-state index contributed by atoms with van der Waals surface area (Å²) >= 11 is 6.26. The third kappa shape index (κ3) is 2.08. The molecule has 0 spiro atoms. The topological polar surface area (TPSA) is 69.6 Å². The number of nitrogens with zero attached hydrogens (tertiary/aromatic N) is 4. The quantitative estimate of drug-likeness (QED) is 0.857. The zero-order valence-electron chi connectivity index (χ0n) is 10.8. The van der Waals surface area contributed by atoms with Crippen LogP contribution < -0.4 is 5.73 Å². The summed E-state index contributed by atoms with van der Waals surface area (Å²) in [6.07, 6.45) is 4.62. The van der Waals surface area contributed by atoms with Gasteiger partial charge in [0, 0.05) is 11.3 Å². The van der Waals surface area contributed by atoms with Crippen molar-refractivity contribution >= 4 is 17.3 Å². The maximum Gasteiger partial charge on any atom is 0.184 e. The number of rotatable bonds is 2. The second kappa shape index (κ2) is 4.49. The van der Waals surface area contributed by atoms with Crippen LogP contribution in [0.1, 0.15) is 32.6 Å². The van der Waals surface area contributed by atoms with Crippen LogP contribution in [0.4, 0.5) is 5.69 Å². The zero-order chi connectivity index (χ0) is 13.5. The number of tetrazole rings is 1. The molecule has 1 aliphatic carbocycles. The van der Waals surface area contributed by atoms with Crippen LogP contribution in [0.5, 0.6) is 0 Å². The molecule has 6 heteroatoms. The monoisotopic (exact) mass is 277 g/mol. The maximum absolute atomic E-state index is 6.26. The molecular formula is C13H16ClN5. The van der Waals surface area contributed by atoms with Gasteiger partial charge in [-0.1, -0.05) is 24.4 Å². The number of anilines is 1. The molecule has 1 heterocycles. The second-order valence-electron chi connectivity index (χ2n) is 5.36. The average Bonchev–Trinajstić information content (AvgIpc) is 2.98. The van der Waals surface area contributed by atoms with Gasteiger partial charge in [-0.25, -0.2) is 4.68 Å². The average molecular weight is 278 g/mol. The molecule has 0 amide bonds. The Bertz CT molecular complexity index is 601. The molecule has 1 aromatic heterocycles. The molecule has 0 bridgehead atoms. The number of aromatic nitrogens is 4. The first kappa shape index (κ1) is 12.4. The molecule has 19 heavy (non-hydrogen) atoms. The first-order chi connectivity index (χ1) is 9.10. The Balaban J connectivity index is 2.09. The van der Waals surface area contributed by atoms with Gasteiger partial charge in [0.1, 0.15) is 0 Å². The van der Waals surface area contributed by atoms with E-state index in [0.717, 1.165) is 24.2 Å². The lowest BCUT2D eigenvalue weighted by Gasteiger charge is -2.24. The van der Waals surface area contributed by atoms with Crippen LogP contribution in [-0.4, -0.2) is 20.2 Å². The summed E-state index contributed by atoms with van der Waals surface area (Å²) in [6.45, 7) is 2.20. The van der Waals surface area contributed by atoms with Gasteiger partial charge in [-0.3, -0.25) is 0 Å². The number of halogens is 1. The first-order valence-corrected chi connectivity index (χ1v) is 6.82. The molecule has 3 rings (SSSR count). The molecule has 1 aliphatic rings. The van der Waals surface area contributed by atoms with Crippen molar-refractivity contribution in [3.05, 3.63) is 23.2 Å². The van der Waals surface area contributed by atoms with Crippen molar-refractivity contribution in [2.75, 3.05) is 5.73 Å². The SMILES string of the molecule is CC1(n2nnnc2-c2ccc(N)cc2Cl)CCCC1. The van der Waals surface area contributed by atoms with E-state index >= 15 is 0 Å². The highest BCUT2D eigenvalue weighted by molar-refractivity contribution is 6.33. The van der Waals surface area contributed by atoms with Crippen LogP contribution in [0, 0.1) is 0 Å². The fraction of sp³-hybridized carbons (Fsp3) is 0.462. The summed E-state index contributed by atoms with van der Waals surface area (Å²) in [6, 6.07) is 5.42. The van der Waals surface area contributed by atoms with Crippen molar-refractivity contribution in [1.82, 2.24) is 20.2 Å². The molecule has 2 aromatic rings. The number of benzene rings is 1.